The molecule has 0 radical (unpaired) electrons. The van der Waals surface area contributed by atoms with Crippen LogP contribution in [0.25, 0.3) is 0 Å². The first kappa shape index (κ1) is 10.4. The molecule has 2 N–H and O–H groups in total. The van der Waals surface area contributed by atoms with Crippen LogP contribution in [0.15, 0.2) is 4.60 Å². The van der Waals surface area contributed by atoms with Crippen LogP contribution < -0.4 is 10.6 Å². The molecule has 78 valence electrons. The molecular formula is C8H12BrN3OS. The third kappa shape index (κ3) is 2.08. The van der Waals surface area contributed by atoms with Gasteiger partial charge in [-0.1, -0.05) is 11.3 Å². The number of nitrogens with two attached hydrogens (primary N) is 1. The first-order valence-corrected chi connectivity index (χ1v) is 6.10. The molecule has 0 atom stereocenters. The number of anilines is 1. The maximum absolute atomic E-state index is 5.59. The lowest BCUT2D eigenvalue weighted by atomic mass is 10.5. The summed E-state index contributed by atoms with van der Waals surface area (Å²) in [5.74, 6) is 0. The molecule has 0 spiro atoms. The van der Waals surface area contributed by atoms with Crippen molar-refractivity contribution >= 4 is 32.4 Å². The third-order valence-electron chi connectivity index (χ3n) is 2.11. The number of nitrogens with zero attached hydrogens (tertiary/aromatic N) is 2. The Morgan fingerprint density at radius 3 is 2.79 bits per heavy atom. The van der Waals surface area contributed by atoms with Gasteiger partial charge in [0, 0.05) is 19.6 Å². The standard InChI is InChI=1S/C8H12BrN3OS/c9-7-6(5-10)14-8(11-7)12-1-3-13-4-2-12/h1-5,10H2. The van der Waals surface area contributed by atoms with Gasteiger partial charge in [0.05, 0.1) is 18.1 Å². The van der Waals surface area contributed by atoms with Crippen molar-refractivity contribution in [3.63, 3.8) is 0 Å². The minimum Gasteiger partial charge on any atom is -0.378 e. The van der Waals surface area contributed by atoms with E-state index in [0.29, 0.717) is 6.54 Å². The van der Waals surface area contributed by atoms with Crippen LogP contribution in [0.5, 0.6) is 0 Å². The van der Waals surface area contributed by atoms with Gasteiger partial charge in [-0.2, -0.15) is 0 Å². The highest BCUT2D eigenvalue weighted by atomic mass is 79.9. The van der Waals surface area contributed by atoms with Crippen LogP contribution in [0, 0.1) is 0 Å². The van der Waals surface area contributed by atoms with E-state index in [1.165, 1.54) is 0 Å². The van der Waals surface area contributed by atoms with Gasteiger partial charge in [-0.3, -0.25) is 0 Å². The van der Waals surface area contributed by atoms with E-state index in [0.717, 1.165) is 40.9 Å². The molecule has 0 unspecified atom stereocenters. The Hall–Kier alpha value is -0.170. The van der Waals surface area contributed by atoms with E-state index < -0.39 is 0 Å². The Bertz CT molecular complexity index is 312. The minimum absolute atomic E-state index is 0.544. The van der Waals surface area contributed by atoms with E-state index in [4.69, 9.17) is 10.5 Å². The van der Waals surface area contributed by atoms with Crippen LogP contribution in [0.2, 0.25) is 0 Å². The van der Waals surface area contributed by atoms with Crippen LogP contribution in [0.4, 0.5) is 5.13 Å². The molecule has 0 saturated carbocycles. The fourth-order valence-corrected chi connectivity index (χ4v) is 2.91. The number of hydrogen-bond donors (Lipinski definition) is 1. The molecule has 0 amide bonds. The molecular weight excluding hydrogens is 266 g/mol. The zero-order valence-corrected chi connectivity index (χ0v) is 10.1. The highest BCUT2D eigenvalue weighted by Gasteiger charge is 2.16. The Morgan fingerprint density at radius 2 is 2.21 bits per heavy atom. The molecule has 2 heterocycles. The second-order valence-electron chi connectivity index (χ2n) is 3.01. The summed E-state index contributed by atoms with van der Waals surface area (Å²) in [6, 6.07) is 0. The topological polar surface area (TPSA) is 51.4 Å². The van der Waals surface area contributed by atoms with Gasteiger partial charge in [0.2, 0.25) is 0 Å². The molecule has 0 aliphatic carbocycles. The minimum atomic E-state index is 0.544. The first-order valence-electron chi connectivity index (χ1n) is 4.49. The van der Waals surface area contributed by atoms with Crippen molar-refractivity contribution in [1.82, 2.24) is 4.98 Å². The average molecular weight is 278 g/mol. The summed E-state index contributed by atoms with van der Waals surface area (Å²) < 4.78 is 6.16. The van der Waals surface area contributed by atoms with E-state index in [9.17, 15) is 0 Å². The monoisotopic (exact) mass is 277 g/mol. The van der Waals surface area contributed by atoms with Crippen molar-refractivity contribution in [2.24, 2.45) is 5.73 Å². The van der Waals surface area contributed by atoms with E-state index in [1.54, 1.807) is 11.3 Å². The Kier molecular flexibility index (Phi) is 3.38. The number of thiazole rings is 1. The summed E-state index contributed by atoms with van der Waals surface area (Å²) in [6.45, 7) is 3.96. The molecule has 4 nitrogen and oxygen atoms in total. The van der Waals surface area contributed by atoms with E-state index >= 15 is 0 Å². The smallest absolute Gasteiger partial charge is 0.186 e. The zero-order chi connectivity index (χ0) is 9.97. The highest BCUT2D eigenvalue weighted by molar-refractivity contribution is 9.10. The van der Waals surface area contributed by atoms with Crippen LogP contribution in [0.1, 0.15) is 4.88 Å². The molecule has 1 aromatic heterocycles. The SMILES string of the molecule is NCc1sc(N2CCOCC2)nc1Br. The number of ether oxygens (including phenoxy) is 1. The van der Waals surface area contributed by atoms with Gasteiger partial charge in [0.15, 0.2) is 5.13 Å². The lowest BCUT2D eigenvalue weighted by Crippen LogP contribution is -2.36. The molecule has 1 aromatic rings. The van der Waals surface area contributed by atoms with Gasteiger partial charge < -0.3 is 15.4 Å². The molecule has 1 aliphatic heterocycles. The van der Waals surface area contributed by atoms with Gasteiger partial charge in [0.25, 0.3) is 0 Å². The number of hydrogen-bond acceptors (Lipinski definition) is 5. The average Bonchev–Trinajstić information content (AvgIpc) is 2.61. The van der Waals surface area contributed by atoms with Crippen LogP contribution in [-0.2, 0) is 11.3 Å². The predicted octanol–water partition coefficient (Wildman–Crippen LogP) is 1.20. The normalized spacial score (nSPS) is 17.4. The Morgan fingerprint density at radius 1 is 1.50 bits per heavy atom. The number of morpholine rings is 1. The van der Waals surface area contributed by atoms with Crippen molar-refractivity contribution < 1.29 is 4.74 Å². The molecule has 1 saturated heterocycles. The van der Waals surface area contributed by atoms with Crippen molar-refractivity contribution in [2.45, 2.75) is 6.54 Å². The van der Waals surface area contributed by atoms with Crippen LogP contribution in [0.3, 0.4) is 0 Å². The number of rotatable bonds is 2. The summed E-state index contributed by atoms with van der Waals surface area (Å²) in [6.07, 6.45) is 0. The molecule has 1 fully saturated rings. The first-order chi connectivity index (χ1) is 6.81. The maximum Gasteiger partial charge on any atom is 0.186 e. The molecule has 14 heavy (non-hydrogen) atoms. The largest absolute Gasteiger partial charge is 0.378 e. The van der Waals surface area contributed by atoms with E-state index in [-0.39, 0.29) is 0 Å². The Labute approximate surface area is 95.2 Å². The van der Waals surface area contributed by atoms with Gasteiger partial charge in [0.1, 0.15) is 4.60 Å². The van der Waals surface area contributed by atoms with Crippen LogP contribution >= 0.6 is 27.3 Å². The number of aromatic nitrogens is 1. The number of halogens is 1. The highest BCUT2D eigenvalue weighted by Crippen LogP contribution is 2.29. The molecule has 0 aromatic carbocycles. The maximum atomic E-state index is 5.59. The summed E-state index contributed by atoms with van der Waals surface area (Å²) in [4.78, 5) is 7.77. The van der Waals surface area contributed by atoms with Crippen molar-refractivity contribution in [3.05, 3.63) is 9.48 Å². The summed E-state index contributed by atoms with van der Waals surface area (Å²) in [5, 5.41) is 1.04. The molecule has 1 aliphatic rings. The lowest BCUT2D eigenvalue weighted by Gasteiger charge is -2.25. The molecule has 0 bridgehead atoms. The van der Waals surface area contributed by atoms with Gasteiger partial charge in [-0.25, -0.2) is 4.98 Å². The predicted molar refractivity (Wildman–Crippen MR) is 60.7 cm³/mol. The van der Waals surface area contributed by atoms with E-state index in [2.05, 4.69) is 25.8 Å². The summed E-state index contributed by atoms with van der Waals surface area (Å²) in [7, 11) is 0. The fraction of sp³-hybridized carbons (Fsp3) is 0.625. The van der Waals surface area contributed by atoms with Crippen molar-refractivity contribution in [2.75, 3.05) is 31.2 Å². The fourth-order valence-electron chi connectivity index (χ4n) is 1.34. The zero-order valence-electron chi connectivity index (χ0n) is 7.70. The van der Waals surface area contributed by atoms with Gasteiger partial charge >= 0.3 is 0 Å². The third-order valence-corrected chi connectivity index (χ3v) is 4.16. The Balaban J connectivity index is 2.14. The summed E-state index contributed by atoms with van der Waals surface area (Å²) in [5.41, 5.74) is 5.59. The van der Waals surface area contributed by atoms with Crippen LogP contribution in [-0.4, -0.2) is 31.3 Å². The van der Waals surface area contributed by atoms with Gasteiger partial charge in [-0.15, -0.1) is 0 Å². The molecule has 6 heteroatoms. The van der Waals surface area contributed by atoms with Crippen molar-refractivity contribution in [3.8, 4) is 0 Å². The molecule has 2 rings (SSSR count). The van der Waals surface area contributed by atoms with E-state index in [1.807, 2.05) is 0 Å². The second-order valence-corrected chi connectivity index (χ2v) is 4.83. The second kappa shape index (κ2) is 4.57. The van der Waals surface area contributed by atoms with Crippen molar-refractivity contribution in [1.29, 1.82) is 0 Å². The quantitative estimate of drug-likeness (QED) is 0.883. The van der Waals surface area contributed by atoms with Gasteiger partial charge in [-0.05, 0) is 15.9 Å². The summed E-state index contributed by atoms with van der Waals surface area (Å²) >= 11 is 5.06. The lowest BCUT2D eigenvalue weighted by molar-refractivity contribution is 0.122.